The Labute approximate surface area is 344 Å². The molecule has 0 saturated carbocycles. The summed E-state index contributed by atoms with van der Waals surface area (Å²) in [6.45, 7) is 0. The molecule has 0 radical (unpaired) electrons. The molecule has 2 heterocycles. The van der Waals surface area contributed by atoms with E-state index in [2.05, 4.69) is 156 Å². The Hall–Kier alpha value is -7.20. The highest BCUT2D eigenvalue weighted by molar-refractivity contribution is 7.19. The average Bonchev–Trinajstić information content (AvgIpc) is 3.89. The fraction of sp³-hybridized carbons (Fsp3) is 0. The molecule has 0 bridgehead atoms. The molecule has 3 heteroatoms. The summed E-state index contributed by atoms with van der Waals surface area (Å²) in [6, 6.07) is 60.6. The monoisotopic (exact) mass is 750 g/mol. The predicted octanol–water partition coefficient (Wildman–Crippen LogP) is 10.9. The van der Waals surface area contributed by atoms with E-state index in [1.165, 1.54) is 20.7 Å². The van der Waals surface area contributed by atoms with E-state index in [1.807, 2.05) is 30.3 Å². The van der Waals surface area contributed by atoms with E-state index in [9.17, 15) is 0 Å². The lowest BCUT2D eigenvalue weighted by Gasteiger charge is -2.34. The number of hydrogen-bond donors (Lipinski definition) is 0. The summed E-state index contributed by atoms with van der Waals surface area (Å²) in [6.07, 6.45) is 0. The van der Waals surface area contributed by atoms with Gasteiger partial charge in [0.25, 0.3) is 0 Å². The van der Waals surface area contributed by atoms with Crippen LogP contribution >= 0.6 is 0 Å². The van der Waals surface area contributed by atoms with Gasteiger partial charge in [0.15, 0.2) is 8.07 Å². The highest BCUT2D eigenvalue weighted by Crippen LogP contribution is 2.39. The quantitative estimate of drug-likeness (QED) is 0.113. The first-order chi connectivity index (χ1) is 31.6. The van der Waals surface area contributed by atoms with Crippen LogP contribution < -0.4 is 20.7 Å². The SMILES string of the molecule is [2H]c1c([2H])c([2H])c2c(c1[2H])c1c([2H])c([2H])c([2H])c([2H])c1n2-c1ccccc1-c1ccc2c(c1)c1ccccc1n2-c1cccc([Si](c2ccccc2)(c2ccccc2)c2ccccc2)c1. The molecule has 0 amide bonds. The van der Waals surface area contributed by atoms with Gasteiger partial charge in [-0.2, -0.15) is 0 Å². The minimum Gasteiger partial charge on any atom is -0.309 e. The fourth-order valence-corrected chi connectivity index (χ4v) is 13.7. The molecule has 0 aliphatic carbocycles. The van der Waals surface area contributed by atoms with E-state index in [1.54, 1.807) is 4.57 Å². The number of hydrogen-bond acceptors (Lipinski definition) is 0. The van der Waals surface area contributed by atoms with Crippen LogP contribution in [0.25, 0.3) is 66.1 Å². The molecule has 0 aliphatic heterocycles. The Morgan fingerprint density at radius 3 is 1.53 bits per heavy atom. The van der Waals surface area contributed by atoms with Crippen LogP contribution in [0.1, 0.15) is 11.0 Å². The van der Waals surface area contributed by atoms with Crippen LogP contribution in [0.15, 0.2) is 230 Å². The van der Waals surface area contributed by atoms with Gasteiger partial charge in [-0.1, -0.05) is 182 Å². The van der Waals surface area contributed by atoms with E-state index >= 15 is 0 Å². The van der Waals surface area contributed by atoms with Crippen molar-refractivity contribution in [3.63, 3.8) is 0 Å². The second-order valence-corrected chi connectivity index (χ2v) is 18.1. The van der Waals surface area contributed by atoms with E-state index < -0.39 is 32.2 Å². The van der Waals surface area contributed by atoms with Gasteiger partial charge in [-0.3, -0.25) is 0 Å². The van der Waals surface area contributed by atoms with Crippen LogP contribution in [-0.4, -0.2) is 17.2 Å². The van der Waals surface area contributed by atoms with Gasteiger partial charge < -0.3 is 9.13 Å². The number of fused-ring (bicyclic) bond motifs is 6. The first kappa shape index (κ1) is 25.8. The summed E-state index contributed by atoms with van der Waals surface area (Å²) >= 11 is 0. The molecule has 11 rings (SSSR count). The standard InChI is InChI=1S/C54H38N2Si/c1-4-20-41(21-5-1)57(42-22-6-2-7-23-42,43-24-8-3-9-25-43)44-26-18-19-40(38-44)55-51-32-15-13-30-48(51)49-37-39(35-36-54(49)55)45-27-10-14-31-50(45)56-52-33-16-11-28-46(52)47-29-12-17-34-53(47)56/h1-38H/i11D,12D,16D,17D,28D,29D,33D,34D. The van der Waals surface area contributed by atoms with Crippen LogP contribution in [0.5, 0.6) is 0 Å². The molecule has 0 N–H and O–H groups in total. The molecular weight excluding hydrogens is 705 g/mol. The lowest BCUT2D eigenvalue weighted by molar-refractivity contribution is 1.18. The van der Waals surface area contributed by atoms with Crippen molar-refractivity contribution in [1.82, 2.24) is 9.13 Å². The zero-order valence-electron chi connectivity index (χ0n) is 38.7. The Morgan fingerprint density at radius 2 is 0.877 bits per heavy atom. The molecule has 0 spiro atoms. The van der Waals surface area contributed by atoms with E-state index in [4.69, 9.17) is 11.0 Å². The molecule has 9 aromatic carbocycles. The zero-order chi connectivity index (χ0) is 44.7. The van der Waals surface area contributed by atoms with Crippen molar-refractivity contribution in [3.8, 4) is 22.5 Å². The lowest BCUT2D eigenvalue weighted by atomic mass is 10.0. The molecular formula is C54H38N2Si. The van der Waals surface area contributed by atoms with Gasteiger partial charge in [0.1, 0.15) is 0 Å². The van der Waals surface area contributed by atoms with Crippen molar-refractivity contribution in [3.05, 3.63) is 230 Å². The van der Waals surface area contributed by atoms with Crippen molar-refractivity contribution < 1.29 is 11.0 Å². The van der Waals surface area contributed by atoms with Gasteiger partial charge in [0, 0.05) is 32.8 Å². The normalized spacial score (nSPS) is 13.8. The second-order valence-electron chi connectivity index (χ2n) is 14.3. The second kappa shape index (κ2) is 13.5. The smallest absolute Gasteiger partial charge is 0.179 e. The summed E-state index contributed by atoms with van der Waals surface area (Å²) in [5, 5.41) is 7.25. The summed E-state index contributed by atoms with van der Waals surface area (Å²) in [4.78, 5) is 0. The molecule has 0 saturated heterocycles. The molecule has 0 fully saturated rings. The van der Waals surface area contributed by atoms with Crippen molar-refractivity contribution in [2.24, 2.45) is 0 Å². The van der Waals surface area contributed by atoms with Gasteiger partial charge in [-0.25, -0.2) is 0 Å². The molecule has 0 unspecified atom stereocenters. The Bertz CT molecular complexity index is 3530. The fourth-order valence-electron chi connectivity index (χ4n) is 8.94. The highest BCUT2D eigenvalue weighted by atomic mass is 28.3. The van der Waals surface area contributed by atoms with E-state index in [0.29, 0.717) is 5.69 Å². The van der Waals surface area contributed by atoms with Gasteiger partial charge in [-0.15, -0.1) is 0 Å². The largest absolute Gasteiger partial charge is 0.309 e. The lowest BCUT2D eigenvalue weighted by Crippen LogP contribution is -2.74. The molecule has 268 valence electrons. The molecule has 57 heavy (non-hydrogen) atoms. The van der Waals surface area contributed by atoms with Crippen LogP contribution in [0.2, 0.25) is 0 Å². The Balaban J connectivity index is 1.16. The van der Waals surface area contributed by atoms with Crippen molar-refractivity contribution in [2.75, 3.05) is 0 Å². The number of nitrogens with zero attached hydrogens (tertiary/aromatic N) is 2. The Morgan fingerprint density at radius 1 is 0.351 bits per heavy atom. The average molecular weight is 751 g/mol. The number of benzene rings is 9. The summed E-state index contributed by atoms with van der Waals surface area (Å²) in [5.41, 5.74) is 5.29. The summed E-state index contributed by atoms with van der Waals surface area (Å²) in [5.74, 6) is 0. The minimum absolute atomic E-state index is 0.0485. The summed E-state index contributed by atoms with van der Waals surface area (Å²) < 4.78 is 74.4. The highest BCUT2D eigenvalue weighted by Gasteiger charge is 2.41. The van der Waals surface area contributed by atoms with Crippen LogP contribution in [-0.2, 0) is 0 Å². The van der Waals surface area contributed by atoms with Crippen LogP contribution in [0.4, 0.5) is 0 Å². The van der Waals surface area contributed by atoms with E-state index in [-0.39, 0.29) is 46.0 Å². The third kappa shape index (κ3) is 5.17. The van der Waals surface area contributed by atoms with Crippen molar-refractivity contribution in [2.45, 2.75) is 0 Å². The maximum absolute atomic E-state index is 9.13. The molecule has 2 nitrogen and oxygen atoms in total. The maximum Gasteiger partial charge on any atom is 0.179 e. The van der Waals surface area contributed by atoms with Gasteiger partial charge in [0.2, 0.25) is 0 Å². The van der Waals surface area contributed by atoms with Crippen molar-refractivity contribution in [1.29, 1.82) is 0 Å². The van der Waals surface area contributed by atoms with E-state index in [0.717, 1.165) is 38.6 Å². The molecule has 11 aromatic rings. The van der Waals surface area contributed by atoms with Gasteiger partial charge in [-0.05, 0) is 74.8 Å². The molecule has 2 aromatic heterocycles. The number of aromatic nitrogens is 2. The Kier molecular flexibility index (Phi) is 6.12. The van der Waals surface area contributed by atoms with Crippen LogP contribution in [0, 0.1) is 0 Å². The van der Waals surface area contributed by atoms with Gasteiger partial charge in [0.05, 0.1) is 38.7 Å². The summed E-state index contributed by atoms with van der Waals surface area (Å²) in [7, 11) is -2.84. The van der Waals surface area contributed by atoms with Crippen molar-refractivity contribution >= 4 is 72.4 Å². The maximum atomic E-state index is 9.13. The first-order valence-electron chi connectivity index (χ1n) is 23.0. The zero-order valence-corrected chi connectivity index (χ0v) is 31.7. The van der Waals surface area contributed by atoms with Crippen LogP contribution in [0.3, 0.4) is 0 Å². The number of para-hydroxylation sites is 4. The molecule has 0 aliphatic rings. The topological polar surface area (TPSA) is 9.86 Å². The first-order valence-corrected chi connectivity index (χ1v) is 21.0. The minimum atomic E-state index is -2.84. The predicted molar refractivity (Wildman–Crippen MR) is 244 cm³/mol. The third-order valence-corrected chi connectivity index (χ3v) is 16.1. The van der Waals surface area contributed by atoms with Gasteiger partial charge >= 0.3 is 0 Å². The third-order valence-electron chi connectivity index (χ3n) is 11.3. The number of rotatable bonds is 7. The molecule has 0 atom stereocenters.